The molecule has 2 aliphatic heterocycles. The molecule has 1 fully saturated rings. The van der Waals surface area contributed by atoms with E-state index in [-0.39, 0.29) is 11.8 Å². The third-order valence-corrected chi connectivity index (χ3v) is 6.21. The Balaban J connectivity index is 1.29. The number of methoxy groups -OCH3 is 1. The van der Waals surface area contributed by atoms with Crippen LogP contribution in [0.3, 0.4) is 0 Å². The van der Waals surface area contributed by atoms with Crippen LogP contribution in [0.1, 0.15) is 24.0 Å². The summed E-state index contributed by atoms with van der Waals surface area (Å²) in [6.07, 6.45) is 1.36. The molecule has 2 aromatic rings. The van der Waals surface area contributed by atoms with Crippen LogP contribution in [0, 0.1) is 0 Å². The fraction of sp³-hybridized carbons (Fsp3) is 0.348. The van der Waals surface area contributed by atoms with Crippen molar-refractivity contribution in [2.75, 3.05) is 26.7 Å². The van der Waals surface area contributed by atoms with Gasteiger partial charge in [-0.05, 0) is 29.8 Å². The molecule has 0 aromatic heterocycles. The summed E-state index contributed by atoms with van der Waals surface area (Å²) in [6, 6.07) is 15.2. The molecule has 162 valence electrons. The van der Waals surface area contributed by atoms with Gasteiger partial charge in [0.2, 0.25) is 5.91 Å². The van der Waals surface area contributed by atoms with Crippen molar-refractivity contribution in [3.8, 4) is 5.75 Å². The molecule has 2 heterocycles. The van der Waals surface area contributed by atoms with Crippen LogP contribution in [0.4, 0.5) is 0 Å². The van der Waals surface area contributed by atoms with Crippen molar-refractivity contribution in [3.05, 3.63) is 64.1 Å². The van der Waals surface area contributed by atoms with Crippen molar-refractivity contribution < 1.29 is 14.3 Å². The third-order valence-electron chi connectivity index (χ3n) is 5.68. The molecule has 1 spiro atoms. The van der Waals surface area contributed by atoms with Crippen molar-refractivity contribution >= 4 is 33.5 Å². The Hall–Kier alpha value is -2.71. The van der Waals surface area contributed by atoms with Gasteiger partial charge in [-0.3, -0.25) is 19.5 Å². The lowest BCUT2D eigenvalue weighted by molar-refractivity contribution is -0.123. The van der Waals surface area contributed by atoms with Gasteiger partial charge in [0.15, 0.2) is 0 Å². The van der Waals surface area contributed by atoms with Gasteiger partial charge >= 0.3 is 0 Å². The van der Waals surface area contributed by atoms with Crippen molar-refractivity contribution in [1.29, 1.82) is 0 Å². The maximum Gasteiger partial charge on any atom is 0.272 e. The fourth-order valence-electron chi connectivity index (χ4n) is 3.93. The van der Waals surface area contributed by atoms with E-state index in [2.05, 4.69) is 31.5 Å². The number of amides is 2. The molecule has 2 amide bonds. The SMILES string of the molecule is COc1cccc(CNC(=O)CN2CCC3(CC2)N=C(c2ccc(Br)cc2)C(=O)N3)c1. The van der Waals surface area contributed by atoms with E-state index in [1.165, 1.54) is 0 Å². The van der Waals surface area contributed by atoms with E-state index in [0.717, 1.165) is 21.3 Å². The molecular formula is C23H25BrN4O3. The number of hydrogen-bond acceptors (Lipinski definition) is 5. The van der Waals surface area contributed by atoms with E-state index in [4.69, 9.17) is 9.73 Å². The number of hydrogen-bond donors (Lipinski definition) is 2. The monoisotopic (exact) mass is 484 g/mol. The number of carbonyl (C=O) groups excluding carboxylic acids is 2. The van der Waals surface area contributed by atoms with Crippen molar-refractivity contribution in [2.24, 2.45) is 4.99 Å². The zero-order valence-electron chi connectivity index (χ0n) is 17.4. The average molecular weight is 485 g/mol. The molecule has 2 N–H and O–H groups in total. The lowest BCUT2D eigenvalue weighted by Gasteiger charge is -2.36. The number of rotatable bonds is 6. The molecule has 0 atom stereocenters. The minimum Gasteiger partial charge on any atom is -0.497 e. The molecule has 8 heteroatoms. The van der Waals surface area contributed by atoms with Gasteiger partial charge in [-0.1, -0.05) is 40.2 Å². The summed E-state index contributed by atoms with van der Waals surface area (Å²) in [5.74, 6) is 0.620. The first-order valence-corrected chi connectivity index (χ1v) is 11.1. The predicted octanol–water partition coefficient (Wildman–Crippen LogP) is 2.49. The van der Waals surface area contributed by atoms with Crippen LogP contribution in [-0.2, 0) is 16.1 Å². The van der Waals surface area contributed by atoms with Crippen LogP contribution < -0.4 is 15.4 Å². The van der Waals surface area contributed by atoms with E-state index < -0.39 is 5.66 Å². The lowest BCUT2D eigenvalue weighted by atomic mass is 9.98. The average Bonchev–Trinajstić information content (AvgIpc) is 3.10. The normalized spacial score (nSPS) is 17.9. The Labute approximate surface area is 190 Å². The van der Waals surface area contributed by atoms with Crippen molar-refractivity contribution in [1.82, 2.24) is 15.5 Å². The number of carbonyl (C=O) groups is 2. The number of aliphatic imine (C=N–C) groups is 1. The number of nitrogens with one attached hydrogen (secondary N) is 2. The lowest BCUT2D eigenvalue weighted by Crippen LogP contribution is -2.52. The third kappa shape index (κ3) is 5.14. The molecule has 0 bridgehead atoms. The van der Waals surface area contributed by atoms with Gasteiger partial charge in [-0.2, -0.15) is 0 Å². The molecule has 31 heavy (non-hydrogen) atoms. The Kier molecular flexibility index (Phi) is 6.38. The smallest absolute Gasteiger partial charge is 0.272 e. The van der Waals surface area contributed by atoms with Crippen LogP contribution in [0.2, 0.25) is 0 Å². The fourth-order valence-corrected chi connectivity index (χ4v) is 4.19. The first-order valence-electron chi connectivity index (χ1n) is 10.3. The van der Waals surface area contributed by atoms with Crippen LogP contribution in [0.25, 0.3) is 0 Å². The molecule has 0 saturated carbocycles. The van der Waals surface area contributed by atoms with Crippen molar-refractivity contribution in [2.45, 2.75) is 25.0 Å². The zero-order chi connectivity index (χ0) is 21.8. The van der Waals surface area contributed by atoms with Crippen LogP contribution in [0.5, 0.6) is 5.75 Å². The summed E-state index contributed by atoms with van der Waals surface area (Å²) in [6.45, 7) is 2.19. The molecule has 0 unspecified atom stereocenters. The number of halogens is 1. The predicted molar refractivity (Wildman–Crippen MR) is 122 cm³/mol. The van der Waals surface area contributed by atoms with Gasteiger partial charge in [-0.15, -0.1) is 0 Å². The van der Waals surface area contributed by atoms with Crippen LogP contribution in [0.15, 0.2) is 58.0 Å². The van der Waals surface area contributed by atoms with Gasteiger partial charge in [0.25, 0.3) is 5.91 Å². The quantitative estimate of drug-likeness (QED) is 0.659. The zero-order valence-corrected chi connectivity index (χ0v) is 18.9. The van der Waals surface area contributed by atoms with Gasteiger partial charge in [0.1, 0.15) is 17.1 Å². The second-order valence-electron chi connectivity index (χ2n) is 7.86. The van der Waals surface area contributed by atoms with Gasteiger partial charge in [-0.25, -0.2) is 0 Å². The highest BCUT2D eigenvalue weighted by Gasteiger charge is 2.42. The Morgan fingerprint density at radius 2 is 1.97 bits per heavy atom. The molecule has 0 aliphatic carbocycles. The standard InChI is InChI=1S/C23H25BrN4O3/c1-31-19-4-2-3-16(13-19)14-25-20(29)15-28-11-9-23(10-12-28)26-21(22(30)27-23)17-5-7-18(24)8-6-17/h2-8,13H,9-12,14-15H2,1H3,(H,25,29)(H,27,30). The second kappa shape index (κ2) is 9.20. The highest BCUT2D eigenvalue weighted by molar-refractivity contribution is 9.10. The minimum atomic E-state index is -0.562. The van der Waals surface area contributed by atoms with Gasteiger partial charge in [0.05, 0.1) is 13.7 Å². The highest BCUT2D eigenvalue weighted by Crippen LogP contribution is 2.29. The second-order valence-corrected chi connectivity index (χ2v) is 8.77. The molecular weight excluding hydrogens is 460 g/mol. The Morgan fingerprint density at radius 1 is 1.23 bits per heavy atom. The maximum absolute atomic E-state index is 12.5. The van der Waals surface area contributed by atoms with E-state index in [0.29, 0.717) is 44.7 Å². The number of piperidine rings is 1. The number of ether oxygens (including phenoxy) is 1. The number of nitrogens with zero attached hydrogens (tertiary/aromatic N) is 2. The topological polar surface area (TPSA) is 83.0 Å². The summed E-state index contributed by atoms with van der Waals surface area (Å²) >= 11 is 3.41. The minimum absolute atomic E-state index is 0.0201. The summed E-state index contributed by atoms with van der Waals surface area (Å²) in [7, 11) is 1.62. The van der Waals surface area contributed by atoms with E-state index in [1.807, 2.05) is 48.5 Å². The molecule has 0 radical (unpaired) electrons. The summed E-state index contributed by atoms with van der Waals surface area (Å²) in [4.78, 5) is 31.8. The Bertz CT molecular complexity index is 998. The number of benzene rings is 2. The first kappa shape index (κ1) is 21.5. The first-order chi connectivity index (χ1) is 15.0. The van der Waals surface area contributed by atoms with Crippen molar-refractivity contribution in [3.63, 3.8) is 0 Å². The number of likely N-dealkylation sites (tertiary alicyclic amines) is 1. The summed E-state index contributed by atoms with van der Waals surface area (Å²) in [5, 5.41) is 6.03. The van der Waals surface area contributed by atoms with E-state index in [1.54, 1.807) is 7.11 Å². The maximum atomic E-state index is 12.5. The van der Waals surface area contributed by atoms with Crippen LogP contribution in [-0.4, -0.2) is 54.8 Å². The van der Waals surface area contributed by atoms with E-state index >= 15 is 0 Å². The summed E-state index contributed by atoms with van der Waals surface area (Å²) < 4.78 is 6.18. The largest absolute Gasteiger partial charge is 0.497 e. The molecule has 7 nitrogen and oxygen atoms in total. The molecule has 4 rings (SSSR count). The molecule has 2 aromatic carbocycles. The van der Waals surface area contributed by atoms with Gasteiger partial charge in [0, 0.05) is 42.5 Å². The summed E-state index contributed by atoms with van der Waals surface area (Å²) in [5.41, 5.74) is 1.73. The van der Waals surface area contributed by atoms with Crippen LogP contribution >= 0.6 is 15.9 Å². The molecule has 2 aliphatic rings. The Morgan fingerprint density at radius 3 is 2.68 bits per heavy atom. The van der Waals surface area contributed by atoms with E-state index in [9.17, 15) is 9.59 Å². The van der Waals surface area contributed by atoms with Gasteiger partial charge < -0.3 is 15.4 Å². The molecule has 1 saturated heterocycles. The highest BCUT2D eigenvalue weighted by atomic mass is 79.9.